The Labute approximate surface area is 70.5 Å². The fourth-order valence-electron chi connectivity index (χ4n) is 1.09. The van der Waals surface area contributed by atoms with E-state index in [0.29, 0.717) is 0 Å². The van der Waals surface area contributed by atoms with Crippen LogP contribution in [0.15, 0.2) is 30.7 Å². The van der Waals surface area contributed by atoms with Gasteiger partial charge in [-0.25, -0.2) is 0 Å². The molecule has 3 heteroatoms. The van der Waals surface area contributed by atoms with Crippen molar-refractivity contribution in [3.63, 3.8) is 0 Å². The van der Waals surface area contributed by atoms with E-state index in [1.165, 1.54) is 5.56 Å². The maximum atomic E-state index is 4.22. The molecular weight excluding hydrogens is 150 g/mol. The van der Waals surface area contributed by atoms with Gasteiger partial charge in [0, 0.05) is 18.0 Å². The van der Waals surface area contributed by atoms with E-state index in [1.807, 2.05) is 25.3 Å². The van der Waals surface area contributed by atoms with E-state index in [1.54, 1.807) is 12.4 Å². The highest BCUT2D eigenvalue weighted by Gasteiger charge is 1.98. The molecule has 0 saturated heterocycles. The number of aromatic nitrogens is 3. The number of hydrogen-bond acceptors (Lipinski definition) is 2. The number of nitrogens with one attached hydrogen (secondary N) is 1. The molecule has 0 fully saturated rings. The molecule has 0 unspecified atom stereocenters. The lowest BCUT2D eigenvalue weighted by Gasteiger charge is -1.95. The lowest BCUT2D eigenvalue weighted by atomic mass is 10.2. The van der Waals surface area contributed by atoms with E-state index in [0.717, 1.165) is 11.3 Å². The molecule has 2 aromatic heterocycles. The second-order valence-corrected chi connectivity index (χ2v) is 2.71. The van der Waals surface area contributed by atoms with Gasteiger partial charge in [-0.1, -0.05) is 0 Å². The lowest BCUT2D eigenvalue weighted by Crippen LogP contribution is -1.81. The van der Waals surface area contributed by atoms with Crippen LogP contribution < -0.4 is 0 Å². The highest BCUT2D eigenvalue weighted by Crippen LogP contribution is 2.14. The van der Waals surface area contributed by atoms with Crippen LogP contribution in [0.3, 0.4) is 0 Å². The number of rotatable bonds is 1. The molecule has 0 atom stereocenters. The minimum Gasteiger partial charge on any atom is -0.285 e. The highest BCUT2D eigenvalue weighted by molar-refractivity contribution is 5.57. The second kappa shape index (κ2) is 2.77. The minimum atomic E-state index is 0.962. The molecule has 2 rings (SSSR count). The number of hydrogen-bond donors (Lipinski definition) is 1. The molecule has 0 aliphatic carbocycles. The summed E-state index contributed by atoms with van der Waals surface area (Å²) in [6.07, 6.45) is 5.40. The maximum Gasteiger partial charge on any atom is 0.0736 e. The lowest BCUT2D eigenvalue weighted by molar-refractivity contribution is 1.09. The van der Waals surface area contributed by atoms with E-state index in [9.17, 15) is 0 Å². The quantitative estimate of drug-likeness (QED) is 0.689. The first-order valence-electron chi connectivity index (χ1n) is 3.78. The fourth-order valence-corrected chi connectivity index (χ4v) is 1.09. The van der Waals surface area contributed by atoms with E-state index in [-0.39, 0.29) is 0 Å². The largest absolute Gasteiger partial charge is 0.285 e. The van der Waals surface area contributed by atoms with Gasteiger partial charge in [0.15, 0.2) is 0 Å². The number of aryl methyl sites for hydroxylation is 1. The van der Waals surface area contributed by atoms with Crippen molar-refractivity contribution in [1.29, 1.82) is 0 Å². The Balaban J connectivity index is 2.48. The standard InChI is InChI=1S/C9H9N3/c1-7-2-3-10-9(4-7)8-5-11-12-6-8/h2-6H,1H3,(H,11,12). The summed E-state index contributed by atoms with van der Waals surface area (Å²) in [6.45, 7) is 2.05. The van der Waals surface area contributed by atoms with E-state index < -0.39 is 0 Å². The van der Waals surface area contributed by atoms with Gasteiger partial charge < -0.3 is 0 Å². The summed E-state index contributed by atoms with van der Waals surface area (Å²) in [7, 11) is 0. The fraction of sp³-hybridized carbons (Fsp3) is 0.111. The predicted octanol–water partition coefficient (Wildman–Crippen LogP) is 1.78. The first-order chi connectivity index (χ1) is 5.86. The molecule has 1 N–H and O–H groups in total. The third-order valence-electron chi connectivity index (χ3n) is 1.71. The summed E-state index contributed by atoms with van der Waals surface area (Å²) in [5.41, 5.74) is 3.20. The van der Waals surface area contributed by atoms with Gasteiger partial charge in [0.05, 0.1) is 11.9 Å². The van der Waals surface area contributed by atoms with Crippen molar-refractivity contribution in [2.75, 3.05) is 0 Å². The molecule has 2 aromatic rings. The van der Waals surface area contributed by atoms with Crippen LogP contribution in [0.5, 0.6) is 0 Å². The van der Waals surface area contributed by atoms with Crippen LogP contribution in [0.25, 0.3) is 11.3 Å². The summed E-state index contributed by atoms with van der Waals surface area (Å²) in [5.74, 6) is 0. The molecule has 0 aliphatic rings. The zero-order valence-corrected chi connectivity index (χ0v) is 6.78. The number of pyridine rings is 1. The van der Waals surface area contributed by atoms with Crippen molar-refractivity contribution in [3.8, 4) is 11.3 Å². The first-order valence-corrected chi connectivity index (χ1v) is 3.78. The van der Waals surface area contributed by atoms with Crippen LogP contribution in [0, 0.1) is 6.92 Å². The van der Waals surface area contributed by atoms with Gasteiger partial charge in [0.2, 0.25) is 0 Å². The molecule has 0 bridgehead atoms. The van der Waals surface area contributed by atoms with Crippen molar-refractivity contribution >= 4 is 0 Å². The van der Waals surface area contributed by atoms with Gasteiger partial charge in [-0.05, 0) is 24.6 Å². The van der Waals surface area contributed by atoms with Gasteiger partial charge in [0.25, 0.3) is 0 Å². The zero-order chi connectivity index (χ0) is 8.39. The third-order valence-corrected chi connectivity index (χ3v) is 1.71. The van der Waals surface area contributed by atoms with Crippen LogP contribution >= 0.6 is 0 Å². The molecule has 0 amide bonds. The second-order valence-electron chi connectivity index (χ2n) is 2.71. The molecule has 60 valence electrons. The van der Waals surface area contributed by atoms with Gasteiger partial charge in [0.1, 0.15) is 0 Å². The molecule has 0 radical (unpaired) electrons. The Morgan fingerprint density at radius 3 is 3.00 bits per heavy atom. The van der Waals surface area contributed by atoms with E-state index in [2.05, 4.69) is 15.2 Å². The molecule has 2 heterocycles. The zero-order valence-electron chi connectivity index (χ0n) is 6.78. The Bertz CT molecular complexity index is 365. The first kappa shape index (κ1) is 7.03. The van der Waals surface area contributed by atoms with Crippen molar-refractivity contribution in [1.82, 2.24) is 15.2 Å². The Morgan fingerprint density at radius 1 is 1.42 bits per heavy atom. The van der Waals surface area contributed by atoms with Gasteiger partial charge >= 0.3 is 0 Å². The van der Waals surface area contributed by atoms with Crippen molar-refractivity contribution in [3.05, 3.63) is 36.3 Å². The number of aromatic amines is 1. The number of nitrogens with zero attached hydrogens (tertiary/aromatic N) is 2. The topological polar surface area (TPSA) is 41.6 Å². The van der Waals surface area contributed by atoms with Crippen LogP contribution in [0.4, 0.5) is 0 Å². The molecule has 12 heavy (non-hydrogen) atoms. The molecule has 0 saturated carbocycles. The van der Waals surface area contributed by atoms with Crippen molar-refractivity contribution in [2.45, 2.75) is 6.92 Å². The Morgan fingerprint density at radius 2 is 2.33 bits per heavy atom. The van der Waals surface area contributed by atoms with Gasteiger partial charge in [-0.2, -0.15) is 5.10 Å². The summed E-state index contributed by atoms with van der Waals surface area (Å²) in [4.78, 5) is 4.22. The molecule has 0 spiro atoms. The summed E-state index contributed by atoms with van der Waals surface area (Å²) in [5, 5.41) is 6.62. The average Bonchev–Trinajstić information content (AvgIpc) is 2.56. The molecule has 0 aliphatic heterocycles. The van der Waals surface area contributed by atoms with Crippen LogP contribution in [-0.2, 0) is 0 Å². The van der Waals surface area contributed by atoms with Crippen LogP contribution in [0.2, 0.25) is 0 Å². The summed E-state index contributed by atoms with van der Waals surface area (Å²) < 4.78 is 0. The Hall–Kier alpha value is -1.64. The van der Waals surface area contributed by atoms with Crippen LogP contribution in [-0.4, -0.2) is 15.2 Å². The van der Waals surface area contributed by atoms with E-state index >= 15 is 0 Å². The molecular formula is C9H9N3. The number of H-pyrrole nitrogens is 1. The molecule has 0 aromatic carbocycles. The Kier molecular flexibility index (Phi) is 1.63. The average molecular weight is 159 g/mol. The monoisotopic (exact) mass is 159 g/mol. The highest BCUT2D eigenvalue weighted by atomic mass is 15.1. The summed E-state index contributed by atoms with van der Waals surface area (Å²) >= 11 is 0. The minimum absolute atomic E-state index is 0.962. The van der Waals surface area contributed by atoms with Crippen LogP contribution in [0.1, 0.15) is 5.56 Å². The normalized spacial score (nSPS) is 10.1. The maximum absolute atomic E-state index is 4.22. The smallest absolute Gasteiger partial charge is 0.0736 e. The molecule has 3 nitrogen and oxygen atoms in total. The third kappa shape index (κ3) is 1.21. The van der Waals surface area contributed by atoms with E-state index in [4.69, 9.17) is 0 Å². The van der Waals surface area contributed by atoms with Gasteiger partial charge in [-0.3, -0.25) is 10.1 Å². The SMILES string of the molecule is Cc1ccnc(-c2cn[nH]c2)c1. The van der Waals surface area contributed by atoms with Gasteiger partial charge in [-0.15, -0.1) is 0 Å². The summed E-state index contributed by atoms with van der Waals surface area (Å²) in [6, 6.07) is 4.01. The van der Waals surface area contributed by atoms with Crippen molar-refractivity contribution < 1.29 is 0 Å². The predicted molar refractivity (Wildman–Crippen MR) is 46.6 cm³/mol. The van der Waals surface area contributed by atoms with Crippen molar-refractivity contribution in [2.24, 2.45) is 0 Å².